The van der Waals surface area contributed by atoms with Gasteiger partial charge in [-0.3, -0.25) is 14.2 Å². The van der Waals surface area contributed by atoms with Crippen molar-refractivity contribution in [2.75, 3.05) is 5.32 Å². The summed E-state index contributed by atoms with van der Waals surface area (Å²) in [5.41, 5.74) is 3.08. The van der Waals surface area contributed by atoms with Gasteiger partial charge in [0.2, 0.25) is 5.91 Å². The molecule has 4 aromatic rings. The lowest BCUT2D eigenvalue weighted by molar-refractivity contribution is -0.115. The van der Waals surface area contributed by atoms with Crippen molar-refractivity contribution in [3.8, 4) is 5.69 Å². The lowest BCUT2D eigenvalue weighted by Crippen LogP contribution is -2.27. The summed E-state index contributed by atoms with van der Waals surface area (Å²) in [6.07, 6.45) is 0.597. The largest absolute Gasteiger partial charge is 0.325 e. The lowest BCUT2D eigenvalue weighted by atomic mass is 10.2. The fourth-order valence-corrected chi connectivity index (χ4v) is 4.34. The van der Waals surface area contributed by atoms with Crippen LogP contribution in [0.4, 0.5) is 5.69 Å². The number of rotatable bonds is 6. The van der Waals surface area contributed by atoms with Crippen molar-refractivity contribution in [3.63, 3.8) is 0 Å². The SMILES string of the molecule is CCC(Sc1nc2ccccc2c(=O)n1-c1ccccc1)C(=O)Nc1ccc(C)cc1. The van der Waals surface area contributed by atoms with Gasteiger partial charge in [0.25, 0.3) is 5.56 Å². The van der Waals surface area contributed by atoms with E-state index in [2.05, 4.69) is 5.32 Å². The highest BCUT2D eigenvalue weighted by molar-refractivity contribution is 8.00. The number of benzene rings is 3. The molecule has 31 heavy (non-hydrogen) atoms. The van der Waals surface area contributed by atoms with Crippen LogP contribution in [0.15, 0.2) is 88.8 Å². The van der Waals surface area contributed by atoms with Crippen molar-refractivity contribution >= 4 is 34.3 Å². The van der Waals surface area contributed by atoms with E-state index in [1.165, 1.54) is 11.8 Å². The van der Waals surface area contributed by atoms with Crippen molar-refractivity contribution in [3.05, 3.63) is 94.8 Å². The molecule has 0 bridgehead atoms. The Morgan fingerprint density at radius 2 is 1.68 bits per heavy atom. The van der Waals surface area contributed by atoms with Gasteiger partial charge in [-0.05, 0) is 49.7 Å². The van der Waals surface area contributed by atoms with Gasteiger partial charge in [0, 0.05) is 5.69 Å². The zero-order valence-electron chi connectivity index (χ0n) is 17.4. The topological polar surface area (TPSA) is 64.0 Å². The van der Waals surface area contributed by atoms with Crippen LogP contribution in [0.3, 0.4) is 0 Å². The van der Waals surface area contributed by atoms with Crippen molar-refractivity contribution < 1.29 is 4.79 Å². The average molecular weight is 430 g/mol. The number of carbonyl (C=O) groups is 1. The lowest BCUT2D eigenvalue weighted by Gasteiger charge is -2.18. The Bertz CT molecular complexity index is 1270. The molecule has 1 unspecified atom stereocenters. The fourth-order valence-electron chi connectivity index (χ4n) is 3.31. The van der Waals surface area contributed by atoms with Gasteiger partial charge in [-0.25, -0.2) is 4.98 Å². The third kappa shape index (κ3) is 4.54. The first-order valence-electron chi connectivity index (χ1n) is 10.2. The maximum Gasteiger partial charge on any atom is 0.266 e. The fraction of sp³-hybridized carbons (Fsp3) is 0.160. The molecule has 0 saturated carbocycles. The molecule has 4 rings (SSSR count). The molecule has 1 heterocycles. The second-order valence-electron chi connectivity index (χ2n) is 7.26. The molecule has 156 valence electrons. The van der Waals surface area contributed by atoms with Crippen LogP contribution in [0.2, 0.25) is 0 Å². The zero-order valence-corrected chi connectivity index (χ0v) is 18.2. The smallest absolute Gasteiger partial charge is 0.266 e. The van der Waals surface area contributed by atoms with Crippen molar-refractivity contribution in [2.24, 2.45) is 0 Å². The van der Waals surface area contributed by atoms with Gasteiger partial charge in [0.15, 0.2) is 5.16 Å². The second kappa shape index (κ2) is 9.18. The highest BCUT2D eigenvalue weighted by atomic mass is 32.2. The summed E-state index contributed by atoms with van der Waals surface area (Å²) in [5.74, 6) is -0.113. The van der Waals surface area contributed by atoms with Crippen LogP contribution in [0.1, 0.15) is 18.9 Å². The number of thioether (sulfide) groups is 1. The molecule has 6 heteroatoms. The highest BCUT2D eigenvalue weighted by Crippen LogP contribution is 2.27. The van der Waals surface area contributed by atoms with Gasteiger partial charge >= 0.3 is 0 Å². The van der Waals surface area contributed by atoms with Crippen molar-refractivity contribution in [1.82, 2.24) is 9.55 Å². The van der Waals surface area contributed by atoms with E-state index >= 15 is 0 Å². The molecular formula is C25H23N3O2S. The number of nitrogens with zero attached hydrogens (tertiary/aromatic N) is 2. The number of hydrogen-bond donors (Lipinski definition) is 1. The average Bonchev–Trinajstić information content (AvgIpc) is 2.79. The Morgan fingerprint density at radius 1 is 1.00 bits per heavy atom. The summed E-state index contributed by atoms with van der Waals surface area (Å²) < 4.78 is 1.59. The van der Waals surface area contributed by atoms with E-state index < -0.39 is 5.25 Å². The first-order chi connectivity index (χ1) is 15.1. The number of anilines is 1. The summed E-state index contributed by atoms with van der Waals surface area (Å²) in [6.45, 7) is 3.96. The minimum atomic E-state index is -0.399. The summed E-state index contributed by atoms with van der Waals surface area (Å²) >= 11 is 1.31. The third-order valence-electron chi connectivity index (χ3n) is 4.99. The summed E-state index contributed by atoms with van der Waals surface area (Å²) in [4.78, 5) is 31.1. The Hall–Kier alpha value is -3.38. The van der Waals surface area contributed by atoms with E-state index in [0.29, 0.717) is 22.5 Å². The Kier molecular flexibility index (Phi) is 6.18. The molecule has 0 spiro atoms. The zero-order chi connectivity index (χ0) is 21.8. The number of aryl methyl sites for hydroxylation is 1. The van der Waals surface area contributed by atoms with Crippen LogP contribution >= 0.6 is 11.8 Å². The Morgan fingerprint density at radius 3 is 2.39 bits per heavy atom. The van der Waals surface area contributed by atoms with Gasteiger partial charge in [-0.2, -0.15) is 0 Å². The molecule has 1 aromatic heterocycles. The number of fused-ring (bicyclic) bond motifs is 1. The first kappa shape index (κ1) is 20.9. The highest BCUT2D eigenvalue weighted by Gasteiger charge is 2.22. The summed E-state index contributed by atoms with van der Waals surface area (Å²) in [6, 6.07) is 24.4. The minimum Gasteiger partial charge on any atom is -0.325 e. The van der Waals surface area contributed by atoms with Gasteiger partial charge in [-0.1, -0.05) is 66.7 Å². The molecule has 0 fully saturated rings. The van der Waals surface area contributed by atoms with E-state index in [0.717, 1.165) is 16.9 Å². The van der Waals surface area contributed by atoms with Crippen LogP contribution in [0, 0.1) is 6.92 Å². The van der Waals surface area contributed by atoms with Gasteiger partial charge in [-0.15, -0.1) is 0 Å². The molecule has 3 aromatic carbocycles. The number of amides is 1. The normalized spacial score (nSPS) is 11.9. The summed E-state index contributed by atoms with van der Waals surface area (Å²) in [7, 11) is 0. The number of hydrogen-bond acceptors (Lipinski definition) is 4. The monoisotopic (exact) mass is 429 g/mol. The first-order valence-corrected chi connectivity index (χ1v) is 11.1. The quantitative estimate of drug-likeness (QED) is 0.338. The van der Waals surface area contributed by atoms with E-state index in [9.17, 15) is 9.59 Å². The molecular weight excluding hydrogens is 406 g/mol. The van der Waals surface area contributed by atoms with Crippen LogP contribution < -0.4 is 10.9 Å². The number of nitrogens with one attached hydrogen (secondary N) is 1. The Balaban J connectivity index is 1.72. The van der Waals surface area contributed by atoms with E-state index in [1.54, 1.807) is 10.6 Å². The molecule has 5 nitrogen and oxygen atoms in total. The molecule has 0 aliphatic rings. The van der Waals surface area contributed by atoms with Crippen LogP contribution in [-0.4, -0.2) is 20.7 Å². The molecule has 0 radical (unpaired) electrons. The van der Waals surface area contributed by atoms with Crippen LogP contribution in [0.5, 0.6) is 0 Å². The number of aromatic nitrogens is 2. The van der Waals surface area contributed by atoms with E-state index in [4.69, 9.17) is 4.98 Å². The van der Waals surface area contributed by atoms with Crippen LogP contribution in [0.25, 0.3) is 16.6 Å². The molecule has 1 N–H and O–H groups in total. The molecule has 0 saturated heterocycles. The Labute approximate surface area is 185 Å². The standard InChI is InChI=1S/C25H23N3O2S/c1-3-22(23(29)26-18-15-13-17(2)14-16-18)31-25-27-21-12-8-7-11-20(21)24(30)28(25)19-9-5-4-6-10-19/h4-16,22H,3H2,1-2H3,(H,26,29). The third-order valence-corrected chi connectivity index (χ3v) is 6.31. The number of para-hydroxylation sites is 2. The van der Waals surface area contributed by atoms with E-state index in [-0.39, 0.29) is 11.5 Å². The van der Waals surface area contributed by atoms with Crippen LogP contribution in [-0.2, 0) is 4.79 Å². The molecule has 1 amide bonds. The predicted molar refractivity (Wildman–Crippen MR) is 127 cm³/mol. The van der Waals surface area contributed by atoms with E-state index in [1.807, 2.05) is 86.6 Å². The second-order valence-corrected chi connectivity index (χ2v) is 8.43. The van der Waals surface area contributed by atoms with Gasteiger partial charge in [0.1, 0.15) is 0 Å². The maximum absolute atomic E-state index is 13.3. The molecule has 0 aliphatic heterocycles. The van der Waals surface area contributed by atoms with Gasteiger partial charge in [0.05, 0.1) is 21.8 Å². The molecule has 0 aliphatic carbocycles. The van der Waals surface area contributed by atoms with Crippen molar-refractivity contribution in [1.29, 1.82) is 0 Å². The number of carbonyl (C=O) groups excluding carboxylic acids is 1. The minimum absolute atomic E-state index is 0.113. The molecule has 1 atom stereocenters. The van der Waals surface area contributed by atoms with Crippen molar-refractivity contribution in [2.45, 2.75) is 30.7 Å². The summed E-state index contributed by atoms with van der Waals surface area (Å²) in [5, 5.41) is 3.63. The van der Waals surface area contributed by atoms with Gasteiger partial charge < -0.3 is 5.32 Å². The maximum atomic E-state index is 13.3. The predicted octanol–water partition coefficient (Wildman–Crippen LogP) is 5.20.